The van der Waals surface area contributed by atoms with Crippen molar-refractivity contribution in [1.29, 1.82) is 0 Å². The maximum absolute atomic E-state index is 12.3. The molecule has 1 aromatic heterocycles. The Kier molecular flexibility index (Phi) is 7.69. The quantitative estimate of drug-likeness (QED) is 0.159. The number of nitrogens with one attached hydrogen (secondary N) is 1. The number of imidazole rings is 1. The van der Waals surface area contributed by atoms with E-state index < -0.39 is 11.9 Å². The highest BCUT2D eigenvalue weighted by molar-refractivity contribution is 6.20. The van der Waals surface area contributed by atoms with E-state index in [1.165, 1.54) is 19.6 Å². The van der Waals surface area contributed by atoms with Crippen molar-refractivity contribution in [3.8, 4) is 0 Å². The van der Waals surface area contributed by atoms with Crippen LogP contribution in [-0.4, -0.2) is 60.2 Å². The van der Waals surface area contributed by atoms with Crippen molar-refractivity contribution in [2.24, 2.45) is 4.99 Å². The summed E-state index contributed by atoms with van der Waals surface area (Å²) in [5.74, 6) is -1.65. The van der Waals surface area contributed by atoms with Gasteiger partial charge < -0.3 is 24.3 Å². The minimum absolute atomic E-state index is 0.0857. The van der Waals surface area contributed by atoms with Crippen molar-refractivity contribution in [2.45, 2.75) is 27.5 Å². The molecule has 11 heteroatoms. The minimum Gasteiger partial charge on any atom is -0.463 e. The molecule has 11 nitrogen and oxygen atoms in total. The van der Waals surface area contributed by atoms with E-state index in [1.807, 2.05) is 0 Å². The maximum atomic E-state index is 12.3. The first-order valence-corrected chi connectivity index (χ1v) is 8.63. The fourth-order valence-electron chi connectivity index (χ4n) is 2.30. The first-order chi connectivity index (χ1) is 13.5. The summed E-state index contributed by atoms with van der Waals surface area (Å²) in [6, 6.07) is 0. The van der Waals surface area contributed by atoms with Crippen LogP contribution < -0.4 is 5.32 Å². The Hall–Kier alpha value is -3.21. The number of hydrogen-bond acceptors (Lipinski definition) is 10. The van der Waals surface area contributed by atoms with Gasteiger partial charge in [0.2, 0.25) is 0 Å². The third-order valence-corrected chi connectivity index (χ3v) is 3.42. The minimum atomic E-state index is -0.822. The summed E-state index contributed by atoms with van der Waals surface area (Å²) in [5, 5.41) is 2.77. The number of ether oxygens (including phenoxy) is 4. The molecule has 0 amide bonds. The lowest BCUT2D eigenvalue weighted by Crippen LogP contribution is -2.26. The number of rotatable bonds is 9. The molecule has 0 atom stereocenters. The molecule has 0 spiro atoms. The number of fused-ring (bicyclic) bond motifs is 1. The third kappa shape index (κ3) is 5.16. The van der Waals surface area contributed by atoms with Crippen LogP contribution in [0.25, 0.3) is 5.70 Å². The molecular weight excluding hydrogens is 372 g/mol. The first-order valence-electron chi connectivity index (χ1n) is 8.63. The fraction of sp³-hybridized carbons (Fsp3) is 0.471. The summed E-state index contributed by atoms with van der Waals surface area (Å²) in [5.41, 5.74) is 0.125. The van der Waals surface area contributed by atoms with E-state index in [9.17, 15) is 14.4 Å². The van der Waals surface area contributed by atoms with Gasteiger partial charge in [0, 0.05) is 6.92 Å². The van der Waals surface area contributed by atoms with Gasteiger partial charge in [-0.2, -0.15) is 0 Å². The lowest BCUT2D eigenvalue weighted by atomic mass is 10.1. The molecular formula is C17H22N4O7. The van der Waals surface area contributed by atoms with Gasteiger partial charge in [0.15, 0.2) is 11.4 Å². The molecule has 0 aromatic carbocycles. The summed E-state index contributed by atoms with van der Waals surface area (Å²) < 4.78 is 21.7. The monoisotopic (exact) mass is 394 g/mol. The molecule has 2 heterocycles. The van der Waals surface area contributed by atoms with Crippen LogP contribution in [0.3, 0.4) is 0 Å². The highest BCUT2D eigenvalue weighted by atomic mass is 16.6. The molecule has 2 rings (SSSR count). The van der Waals surface area contributed by atoms with Crippen LogP contribution in [0, 0.1) is 0 Å². The molecule has 0 bridgehead atoms. The fourth-order valence-corrected chi connectivity index (χ4v) is 2.30. The molecule has 0 saturated carbocycles. The zero-order chi connectivity index (χ0) is 20.5. The van der Waals surface area contributed by atoms with Crippen LogP contribution in [0.5, 0.6) is 0 Å². The Morgan fingerprint density at radius 2 is 1.75 bits per heavy atom. The van der Waals surface area contributed by atoms with E-state index in [1.54, 1.807) is 18.4 Å². The normalized spacial score (nSPS) is 12.0. The van der Waals surface area contributed by atoms with Gasteiger partial charge in [-0.15, -0.1) is 0 Å². The Bertz CT molecular complexity index is 777. The van der Waals surface area contributed by atoms with Gasteiger partial charge in [-0.05, 0) is 13.8 Å². The largest absolute Gasteiger partial charge is 0.463 e. The van der Waals surface area contributed by atoms with Crippen molar-refractivity contribution in [2.75, 3.05) is 26.4 Å². The van der Waals surface area contributed by atoms with E-state index in [0.29, 0.717) is 5.82 Å². The Labute approximate surface area is 161 Å². The average Bonchev–Trinajstić information content (AvgIpc) is 3.06. The third-order valence-electron chi connectivity index (χ3n) is 3.42. The van der Waals surface area contributed by atoms with E-state index in [-0.39, 0.29) is 56.1 Å². The molecule has 152 valence electrons. The molecule has 0 unspecified atom stereocenters. The van der Waals surface area contributed by atoms with Gasteiger partial charge >= 0.3 is 17.9 Å². The lowest BCUT2D eigenvalue weighted by molar-refractivity contribution is -0.146. The van der Waals surface area contributed by atoms with Gasteiger partial charge in [0.05, 0.1) is 38.2 Å². The highest BCUT2D eigenvalue weighted by Crippen LogP contribution is 2.29. The van der Waals surface area contributed by atoms with Gasteiger partial charge in [-0.1, -0.05) is 0 Å². The van der Waals surface area contributed by atoms with E-state index in [2.05, 4.69) is 15.3 Å². The van der Waals surface area contributed by atoms with Gasteiger partial charge in [0.1, 0.15) is 19.0 Å². The van der Waals surface area contributed by atoms with Crippen LogP contribution in [0.2, 0.25) is 0 Å². The van der Waals surface area contributed by atoms with Crippen LogP contribution in [-0.2, 0) is 40.1 Å². The Balaban J connectivity index is 2.25. The van der Waals surface area contributed by atoms with Crippen molar-refractivity contribution >= 4 is 35.8 Å². The molecule has 1 aromatic rings. The van der Waals surface area contributed by atoms with E-state index in [4.69, 9.17) is 18.9 Å². The summed E-state index contributed by atoms with van der Waals surface area (Å²) >= 11 is 0. The molecule has 1 aliphatic rings. The molecule has 0 radical (unpaired) electrons. The van der Waals surface area contributed by atoms with Crippen LogP contribution in [0.1, 0.15) is 26.5 Å². The first kappa shape index (κ1) is 21.1. The molecule has 1 N–H and O–H groups in total. The summed E-state index contributed by atoms with van der Waals surface area (Å²) in [6.07, 6.45) is 2.78. The number of aliphatic imine (C=N–C) groups is 1. The van der Waals surface area contributed by atoms with E-state index in [0.717, 1.165) is 0 Å². The van der Waals surface area contributed by atoms with Crippen LogP contribution in [0.15, 0.2) is 16.9 Å². The molecule has 1 aliphatic heterocycles. The smallest absolute Gasteiger partial charge is 0.347 e. The Morgan fingerprint density at radius 3 is 2.36 bits per heavy atom. The topological polar surface area (TPSA) is 130 Å². The van der Waals surface area contributed by atoms with Gasteiger partial charge in [-0.3, -0.25) is 9.36 Å². The molecule has 0 fully saturated rings. The summed E-state index contributed by atoms with van der Waals surface area (Å²) in [6.45, 7) is 5.17. The zero-order valence-electron chi connectivity index (χ0n) is 15.9. The predicted octanol–water partition coefficient (Wildman–Crippen LogP) is 0.521. The van der Waals surface area contributed by atoms with Crippen molar-refractivity contribution in [3.63, 3.8) is 0 Å². The van der Waals surface area contributed by atoms with Crippen LogP contribution >= 0.6 is 0 Å². The number of carbonyl (C=O) groups excluding carboxylic acids is 3. The van der Waals surface area contributed by atoms with Crippen LogP contribution in [0.4, 0.5) is 5.82 Å². The van der Waals surface area contributed by atoms with Gasteiger partial charge in [-0.25, -0.2) is 19.6 Å². The summed E-state index contributed by atoms with van der Waals surface area (Å²) in [4.78, 5) is 43.8. The second kappa shape index (κ2) is 10.2. The maximum Gasteiger partial charge on any atom is 0.347 e. The van der Waals surface area contributed by atoms with Crippen molar-refractivity contribution in [3.05, 3.63) is 17.6 Å². The molecule has 0 aliphatic carbocycles. The van der Waals surface area contributed by atoms with E-state index >= 15 is 0 Å². The van der Waals surface area contributed by atoms with Crippen molar-refractivity contribution in [1.82, 2.24) is 14.9 Å². The zero-order valence-corrected chi connectivity index (χ0v) is 15.9. The second-order valence-corrected chi connectivity index (χ2v) is 5.36. The standard InChI is InChI=1S/C17H22N4O7/c1-4-26-16(23)12(17(24)27-5-2)13-14-15(19-8-18-13)21(9-20-14)10-25-6-7-28-11(3)22/h8-9H,4-7,10H2,1-3H3,(H,18,19). The number of carbonyl (C=O) groups is 3. The SMILES string of the molecule is CCOC(=O)C(C(=O)OCC)=C1NC=Nc2c1ncn2COCCOC(C)=O. The van der Waals surface area contributed by atoms with Crippen molar-refractivity contribution < 1.29 is 33.3 Å². The number of nitrogens with zero attached hydrogens (tertiary/aromatic N) is 3. The number of aromatic nitrogens is 2. The average molecular weight is 394 g/mol. The number of esters is 3. The Morgan fingerprint density at radius 1 is 1.07 bits per heavy atom. The number of hydrogen-bond donors (Lipinski definition) is 1. The molecule has 0 saturated heterocycles. The highest BCUT2D eigenvalue weighted by Gasteiger charge is 2.31. The predicted molar refractivity (Wildman–Crippen MR) is 96.3 cm³/mol. The molecule has 28 heavy (non-hydrogen) atoms. The second-order valence-electron chi connectivity index (χ2n) is 5.36. The van der Waals surface area contributed by atoms with Gasteiger partial charge in [0.25, 0.3) is 0 Å². The lowest BCUT2D eigenvalue weighted by Gasteiger charge is -2.16. The summed E-state index contributed by atoms with van der Waals surface area (Å²) in [7, 11) is 0.